The van der Waals surface area contributed by atoms with Gasteiger partial charge in [0.25, 0.3) is 0 Å². The lowest BCUT2D eigenvalue weighted by atomic mass is 10.0. The number of ether oxygens (including phenoxy) is 1. The van der Waals surface area contributed by atoms with Gasteiger partial charge in [-0.1, -0.05) is 13.0 Å². The van der Waals surface area contributed by atoms with Gasteiger partial charge in [-0.25, -0.2) is 0 Å². The minimum Gasteiger partial charge on any atom is -0.374 e. The van der Waals surface area contributed by atoms with Crippen LogP contribution in [0.25, 0.3) is 0 Å². The van der Waals surface area contributed by atoms with Crippen molar-refractivity contribution in [2.75, 3.05) is 13.2 Å². The molecular formula is C13H17NO2. The van der Waals surface area contributed by atoms with Gasteiger partial charge in [0.2, 0.25) is 0 Å². The molecule has 0 saturated heterocycles. The number of carbonyl (C=O) groups excluding carboxylic acids is 1. The molecule has 1 aliphatic rings. The molecule has 1 aromatic heterocycles. The van der Waals surface area contributed by atoms with Crippen LogP contribution in [0.3, 0.4) is 0 Å². The van der Waals surface area contributed by atoms with Crippen LogP contribution in [0.1, 0.15) is 36.9 Å². The average molecular weight is 219 g/mol. The van der Waals surface area contributed by atoms with Gasteiger partial charge < -0.3 is 4.74 Å². The highest BCUT2D eigenvalue weighted by Gasteiger charge is 2.29. The van der Waals surface area contributed by atoms with Crippen LogP contribution in [0.4, 0.5) is 0 Å². The SMILES string of the molecule is CCCOCC(=O)C1CCc2cccnc21. The number of hydrogen-bond donors (Lipinski definition) is 0. The van der Waals surface area contributed by atoms with E-state index >= 15 is 0 Å². The number of pyridine rings is 1. The molecule has 1 heterocycles. The van der Waals surface area contributed by atoms with E-state index < -0.39 is 0 Å². The number of nitrogens with zero attached hydrogens (tertiary/aromatic N) is 1. The Morgan fingerprint density at radius 1 is 1.62 bits per heavy atom. The summed E-state index contributed by atoms with van der Waals surface area (Å²) in [6.07, 6.45) is 4.57. The van der Waals surface area contributed by atoms with Crippen LogP contribution in [0.15, 0.2) is 18.3 Å². The van der Waals surface area contributed by atoms with Crippen LogP contribution < -0.4 is 0 Å². The summed E-state index contributed by atoms with van der Waals surface area (Å²) >= 11 is 0. The van der Waals surface area contributed by atoms with E-state index in [0.29, 0.717) is 6.61 Å². The Bertz CT molecular complexity index is 376. The maximum Gasteiger partial charge on any atom is 0.167 e. The van der Waals surface area contributed by atoms with Crippen molar-refractivity contribution in [3.8, 4) is 0 Å². The molecule has 86 valence electrons. The van der Waals surface area contributed by atoms with E-state index in [2.05, 4.69) is 11.1 Å². The van der Waals surface area contributed by atoms with Crippen molar-refractivity contribution in [3.05, 3.63) is 29.6 Å². The Balaban J connectivity index is 1.99. The molecule has 0 spiro atoms. The van der Waals surface area contributed by atoms with Gasteiger partial charge in [0.15, 0.2) is 5.78 Å². The van der Waals surface area contributed by atoms with Crippen molar-refractivity contribution in [1.29, 1.82) is 0 Å². The molecule has 3 nitrogen and oxygen atoms in total. The van der Waals surface area contributed by atoms with Crippen molar-refractivity contribution in [2.45, 2.75) is 32.1 Å². The number of ketones is 1. The smallest absolute Gasteiger partial charge is 0.167 e. The maximum atomic E-state index is 11.9. The summed E-state index contributed by atoms with van der Waals surface area (Å²) in [6, 6.07) is 3.99. The summed E-state index contributed by atoms with van der Waals surface area (Å²) < 4.78 is 5.29. The molecule has 0 amide bonds. The van der Waals surface area contributed by atoms with Gasteiger partial charge in [-0.15, -0.1) is 0 Å². The second-order valence-electron chi connectivity index (χ2n) is 4.16. The molecule has 2 rings (SSSR count). The number of aryl methyl sites for hydroxylation is 1. The van der Waals surface area contributed by atoms with E-state index in [1.165, 1.54) is 5.56 Å². The molecule has 0 aromatic carbocycles. The summed E-state index contributed by atoms with van der Waals surface area (Å²) in [5.74, 6) is 0.138. The number of carbonyl (C=O) groups is 1. The molecule has 0 fully saturated rings. The van der Waals surface area contributed by atoms with Gasteiger partial charge in [-0.05, 0) is 30.9 Å². The zero-order valence-corrected chi connectivity index (χ0v) is 9.61. The van der Waals surface area contributed by atoms with Crippen molar-refractivity contribution in [3.63, 3.8) is 0 Å². The van der Waals surface area contributed by atoms with E-state index in [1.54, 1.807) is 6.20 Å². The van der Waals surface area contributed by atoms with E-state index in [1.807, 2.05) is 13.0 Å². The fourth-order valence-corrected chi connectivity index (χ4v) is 2.14. The van der Waals surface area contributed by atoms with E-state index in [9.17, 15) is 4.79 Å². The molecule has 1 aromatic rings. The van der Waals surface area contributed by atoms with Crippen molar-refractivity contribution < 1.29 is 9.53 Å². The van der Waals surface area contributed by atoms with E-state index in [0.717, 1.165) is 25.0 Å². The maximum absolute atomic E-state index is 11.9. The minimum atomic E-state index is -0.0342. The molecule has 1 unspecified atom stereocenters. The third-order valence-corrected chi connectivity index (χ3v) is 2.94. The highest BCUT2D eigenvalue weighted by molar-refractivity contribution is 5.87. The van der Waals surface area contributed by atoms with Crippen molar-refractivity contribution >= 4 is 5.78 Å². The molecule has 0 bridgehead atoms. The Hall–Kier alpha value is -1.22. The molecule has 0 radical (unpaired) electrons. The summed E-state index contributed by atoms with van der Waals surface area (Å²) in [6.45, 7) is 2.93. The summed E-state index contributed by atoms with van der Waals surface area (Å²) in [7, 11) is 0. The lowest BCUT2D eigenvalue weighted by Gasteiger charge is -2.09. The van der Waals surface area contributed by atoms with Crippen LogP contribution in [0.2, 0.25) is 0 Å². The first-order valence-corrected chi connectivity index (χ1v) is 5.87. The van der Waals surface area contributed by atoms with Gasteiger partial charge in [-0.3, -0.25) is 9.78 Å². The number of rotatable bonds is 5. The lowest BCUT2D eigenvalue weighted by Crippen LogP contribution is -2.17. The van der Waals surface area contributed by atoms with E-state index in [4.69, 9.17) is 4.74 Å². The molecular weight excluding hydrogens is 202 g/mol. The zero-order chi connectivity index (χ0) is 11.4. The lowest BCUT2D eigenvalue weighted by molar-refractivity contribution is -0.125. The molecule has 0 aliphatic heterocycles. The molecule has 0 N–H and O–H groups in total. The first-order valence-electron chi connectivity index (χ1n) is 5.87. The summed E-state index contributed by atoms with van der Waals surface area (Å²) in [5, 5.41) is 0. The highest BCUT2D eigenvalue weighted by atomic mass is 16.5. The third-order valence-electron chi connectivity index (χ3n) is 2.94. The van der Waals surface area contributed by atoms with E-state index in [-0.39, 0.29) is 18.3 Å². The van der Waals surface area contributed by atoms with Crippen LogP contribution >= 0.6 is 0 Å². The van der Waals surface area contributed by atoms with Gasteiger partial charge in [0.05, 0.1) is 11.6 Å². The topological polar surface area (TPSA) is 39.2 Å². The number of hydrogen-bond acceptors (Lipinski definition) is 3. The van der Waals surface area contributed by atoms with Crippen LogP contribution in [0, 0.1) is 0 Å². The summed E-state index contributed by atoms with van der Waals surface area (Å²) in [5.41, 5.74) is 2.18. The molecule has 0 saturated carbocycles. The Labute approximate surface area is 95.8 Å². The summed E-state index contributed by atoms with van der Waals surface area (Å²) in [4.78, 5) is 16.2. The van der Waals surface area contributed by atoms with Gasteiger partial charge in [0, 0.05) is 12.8 Å². The molecule has 1 aliphatic carbocycles. The second-order valence-corrected chi connectivity index (χ2v) is 4.16. The second kappa shape index (κ2) is 5.21. The van der Waals surface area contributed by atoms with Crippen LogP contribution in [-0.2, 0) is 16.0 Å². The van der Waals surface area contributed by atoms with Crippen molar-refractivity contribution in [2.24, 2.45) is 0 Å². The molecule has 3 heteroatoms. The molecule has 1 atom stereocenters. The largest absolute Gasteiger partial charge is 0.374 e. The normalized spacial score (nSPS) is 18.4. The Kier molecular flexibility index (Phi) is 3.67. The zero-order valence-electron chi connectivity index (χ0n) is 9.61. The third kappa shape index (κ3) is 2.30. The first-order chi connectivity index (χ1) is 7.83. The van der Waals surface area contributed by atoms with Gasteiger partial charge >= 0.3 is 0 Å². The van der Waals surface area contributed by atoms with Crippen LogP contribution in [0.5, 0.6) is 0 Å². The molecule has 16 heavy (non-hydrogen) atoms. The van der Waals surface area contributed by atoms with Crippen LogP contribution in [-0.4, -0.2) is 24.0 Å². The van der Waals surface area contributed by atoms with Gasteiger partial charge in [-0.2, -0.15) is 0 Å². The predicted octanol–water partition coefficient (Wildman–Crippen LogP) is 2.11. The number of fused-ring (bicyclic) bond motifs is 1. The van der Waals surface area contributed by atoms with Gasteiger partial charge in [0.1, 0.15) is 6.61 Å². The Morgan fingerprint density at radius 3 is 3.31 bits per heavy atom. The highest BCUT2D eigenvalue weighted by Crippen LogP contribution is 2.31. The first kappa shape index (κ1) is 11.3. The minimum absolute atomic E-state index is 0.0342. The number of Topliss-reactive ketones (excluding diaryl/α,β-unsaturated/α-hetero) is 1. The fourth-order valence-electron chi connectivity index (χ4n) is 2.14. The fraction of sp³-hybridized carbons (Fsp3) is 0.538. The Morgan fingerprint density at radius 2 is 2.50 bits per heavy atom. The predicted molar refractivity (Wildman–Crippen MR) is 61.4 cm³/mol. The number of aromatic nitrogens is 1. The monoisotopic (exact) mass is 219 g/mol. The average Bonchev–Trinajstić information content (AvgIpc) is 2.73. The van der Waals surface area contributed by atoms with Crippen molar-refractivity contribution in [1.82, 2.24) is 4.98 Å². The quantitative estimate of drug-likeness (QED) is 0.712. The standard InChI is InChI=1S/C13H17NO2/c1-2-8-16-9-12(15)11-6-5-10-4-3-7-14-13(10)11/h3-4,7,11H,2,5-6,8-9H2,1H3.